The van der Waals surface area contributed by atoms with Gasteiger partial charge in [0.05, 0.1) is 5.97 Å². The van der Waals surface area contributed by atoms with Crippen molar-refractivity contribution in [3.05, 3.63) is 113 Å². The molecular weight excluding hydrogens is 371 g/mol. The van der Waals surface area contributed by atoms with E-state index in [0.29, 0.717) is 13.0 Å². The van der Waals surface area contributed by atoms with E-state index in [0.717, 1.165) is 34.1 Å². The van der Waals surface area contributed by atoms with Crippen LogP contribution in [-0.4, -0.2) is 5.97 Å². The van der Waals surface area contributed by atoms with Gasteiger partial charge in [-0.25, -0.2) is 0 Å². The largest absolute Gasteiger partial charge is 1.00 e. The smallest absolute Gasteiger partial charge is 0.545 e. The third kappa shape index (κ3) is 7.39. The SMILES string of the molecule is O=C([O-])/C=C/c1ccccc1/C=C/Cc1ccccc1OCc1ccccc1.[Na+]. The maximum absolute atomic E-state index is 10.7. The quantitative estimate of drug-likeness (QED) is 0.429. The molecule has 0 spiro atoms. The molecule has 0 aliphatic carbocycles. The van der Waals surface area contributed by atoms with E-state index in [2.05, 4.69) is 6.08 Å². The minimum Gasteiger partial charge on any atom is -0.545 e. The van der Waals surface area contributed by atoms with Gasteiger partial charge in [-0.3, -0.25) is 0 Å². The second kappa shape index (κ2) is 12.1. The molecule has 0 bridgehead atoms. The summed E-state index contributed by atoms with van der Waals surface area (Å²) in [4.78, 5) is 10.7. The molecule has 29 heavy (non-hydrogen) atoms. The molecular formula is C25H21NaO3. The fourth-order valence-electron chi connectivity index (χ4n) is 2.83. The number of hydrogen-bond donors (Lipinski definition) is 0. The number of carboxylic acids is 1. The molecule has 3 aromatic carbocycles. The number of ether oxygens (including phenoxy) is 1. The van der Waals surface area contributed by atoms with Crippen LogP contribution in [0.3, 0.4) is 0 Å². The Hall–Kier alpha value is -2.59. The molecule has 0 heterocycles. The number of carbonyl (C=O) groups excluding carboxylic acids is 1. The summed E-state index contributed by atoms with van der Waals surface area (Å²) in [5, 5.41) is 10.7. The van der Waals surface area contributed by atoms with E-state index in [-0.39, 0.29) is 29.6 Å². The number of hydrogen-bond acceptors (Lipinski definition) is 3. The Morgan fingerprint density at radius 1 is 0.828 bits per heavy atom. The van der Waals surface area contributed by atoms with Crippen molar-refractivity contribution < 1.29 is 44.2 Å². The molecule has 3 rings (SSSR count). The van der Waals surface area contributed by atoms with Crippen LogP contribution in [-0.2, 0) is 17.8 Å². The Morgan fingerprint density at radius 3 is 2.17 bits per heavy atom. The predicted octanol–water partition coefficient (Wildman–Crippen LogP) is 1.29. The van der Waals surface area contributed by atoms with E-state index in [4.69, 9.17) is 4.74 Å². The third-order valence-corrected chi connectivity index (χ3v) is 4.24. The minimum atomic E-state index is -1.21. The van der Waals surface area contributed by atoms with Crippen LogP contribution in [0, 0.1) is 0 Å². The number of allylic oxidation sites excluding steroid dienone is 1. The van der Waals surface area contributed by atoms with Crippen LogP contribution in [0.5, 0.6) is 5.75 Å². The fraction of sp³-hybridized carbons (Fsp3) is 0.0800. The zero-order valence-corrected chi connectivity index (χ0v) is 18.5. The molecule has 0 aliphatic rings. The van der Waals surface area contributed by atoms with E-state index in [1.807, 2.05) is 84.9 Å². The van der Waals surface area contributed by atoms with Crippen LogP contribution >= 0.6 is 0 Å². The zero-order chi connectivity index (χ0) is 19.6. The van der Waals surface area contributed by atoms with E-state index < -0.39 is 5.97 Å². The summed E-state index contributed by atoms with van der Waals surface area (Å²) in [5.41, 5.74) is 4.00. The molecule has 0 amide bonds. The summed E-state index contributed by atoms with van der Waals surface area (Å²) in [7, 11) is 0. The van der Waals surface area contributed by atoms with Gasteiger partial charge < -0.3 is 14.6 Å². The van der Waals surface area contributed by atoms with Crippen molar-refractivity contribution >= 4 is 18.1 Å². The maximum Gasteiger partial charge on any atom is 1.00 e. The van der Waals surface area contributed by atoms with E-state index in [1.165, 1.54) is 0 Å². The summed E-state index contributed by atoms with van der Waals surface area (Å²) in [5.74, 6) is -0.343. The summed E-state index contributed by atoms with van der Waals surface area (Å²) in [6.07, 6.45) is 7.34. The topological polar surface area (TPSA) is 49.4 Å². The van der Waals surface area contributed by atoms with Crippen molar-refractivity contribution in [2.45, 2.75) is 13.0 Å². The van der Waals surface area contributed by atoms with Crippen LogP contribution in [0.2, 0.25) is 0 Å². The van der Waals surface area contributed by atoms with Gasteiger partial charge in [0.25, 0.3) is 0 Å². The maximum atomic E-state index is 10.7. The molecule has 0 saturated heterocycles. The number of rotatable bonds is 8. The molecule has 0 unspecified atom stereocenters. The van der Waals surface area contributed by atoms with Gasteiger partial charge in [0.15, 0.2) is 0 Å². The predicted molar refractivity (Wildman–Crippen MR) is 110 cm³/mol. The van der Waals surface area contributed by atoms with Crippen molar-refractivity contribution in [1.82, 2.24) is 0 Å². The minimum absolute atomic E-state index is 0. The van der Waals surface area contributed by atoms with Crippen LogP contribution < -0.4 is 39.4 Å². The van der Waals surface area contributed by atoms with Gasteiger partial charge in [-0.05, 0) is 40.8 Å². The molecule has 0 atom stereocenters. The van der Waals surface area contributed by atoms with Gasteiger partial charge in [-0.15, -0.1) is 0 Å². The van der Waals surface area contributed by atoms with Crippen LogP contribution in [0.25, 0.3) is 12.2 Å². The monoisotopic (exact) mass is 392 g/mol. The van der Waals surface area contributed by atoms with Crippen molar-refractivity contribution in [1.29, 1.82) is 0 Å². The molecule has 0 saturated carbocycles. The summed E-state index contributed by atoms with van der Waals surface area (Å²) < 4.78 is 6.00. The van der Waals surface area contributed by atoms with Gasteiger partial charge >= 0.3 is 29.6 Å². The molecule has 0 aliphatic heterocycles. The van der Waals surface area contributed by atoms with E-state index in [1.54, 1.807) is 6.08 Å². The standard InChI is InChI=1S/C25H22O3.Na/c26-25(27)18-17-22-12-5-4-11-21(22)14-8-15-23-13-6-7-16-24(23)28-19-20-9-2-1-3-10-20;/h1-14,16-18H,15,19H2,(H,26,27);/q;+1/p-1/b14-8+,18-17+;. The van der Waals surface area contributed by atoms with E-state index in [9.17, 15) is 9.90 Å². The van der Waals surface area contributed by atoms with Gasteiger partial charge in [0, 0.05) is 0 Å². The molecule has 0 radical (unpaired) electrons. The van der Waals surface area contributed by atoms with Crippen LogP contribution in [0.1, 0.15) is 22.3 Å². The van der Waals surface area contributed by atoms with Crippen molar-refractivity contribution in [2.24, 2.45) is 0 Å². The number of carboxylic acid groups (broad SMARTS) is 1. The van der Waals surface area contributed by atoms with Gasteiger partial charge in [0.1, 0.15) is 12.4 Å². The Morgan fingerprint density at radius 2 is 1.45 bits per heavy atom. The zero-order valence-electron chi connectivity index (χ0n) is 16.5. The van der Waals surface area contributed by atoms with E-state index >= 15 is 0 Å². The normalized spacial score (nSPS) is 10.8. The first kappa shape index (κ1) is 22.7. The second-order valence-corrected chi connectivity index (χ2v) is 6.27. The fourth-order valence-corrected chi connectivity index (χ4v) is 2.83. The van der Waals surface area contributed by atoms with Crippen LogP contribution in [0.4, 0.5) is 0 Å². The third-order valence-electron chi connectivity index (χ3n) is 4.24. The average molecular weight is 392 g/mol. The van der Waals surface area contributed by atoms with Gasteiger partial charge in [-0.2, -0.15) is 0 Å². The number of benzene rings is 3. The Kier molecular flexibility index (Phi) is 9.45. The Balaban J connectivity index is 0.00000300. The molecule has 4 heteroatoms. The Bertz CT molecular complexity index is 978. The molecule has 140 valence electrons. The molecule has 0 aromatic heterocycles. The van der Waals surface area contributed by atoms with Crippen molar-refractivity contribution in [3.8, 4) is 5.75 Å². The number of aliphatic carboxylic acids is 1. The first-order valence-electron chi connectivity index (χ1n) is 9.11. The first-order chi connectivity index (χ1) is 13.7. The van der Waals surface area contributed by atoms with Crippen molar-refractivity contribution in [3.63, 3.8) is 0 Å². The molecule has 0 fully saturated rings. The number of para-hydroxylation sites is 1. The molecule has 0 N–H and O–H groups in total. The van der Waals surface area contributed by atoms with Crippen molar-refractivity contribution in [2.75, 3.05) is 0 Å². The second-order valence-electron chi connectivity index (χ2n) is 6.27. The van der Waals surface area contributed by atoms with Gasteiger partial charge in [-0.1, -0.05) is 91.0 Å². The first-order valence-corrected chi connectivity index (χ1v) is 9.11. The van der Waals surface area contributed by atoms with Crippen LogP contribution in [0.15, 0.2) is 91.0 Å². The summed E-state index contributed by atoms with van der Waals surface area (Å²) >= 11 is 0. The van der Waals surface area contributed by atoms with Gasteiger partial charge in [0.2, 0.25) is 0 Å². The average Bonchev–Trinajstić information content (AvgIpc) is 2.73. The summed E-state index contributed by atoms with van der Waals surface area (Å²) in [6.45, 7) is 0.526. The number of carbonyl (C=O) groups is 1. The molecule has 3 aromatic rings. The summed E-state index contributed by atoms with van der Waals surface area (Å²) in [6, 6.07) is 25.7. The molecule has 3 nitrogen and oxygen atoms in total. The Labute approximate surface area is 193 Å².